The molecular weight excluding hydrogens is 414 g/mol. The van der Waals surface area contributed by atoms with E-state index in [2.05, 4.69) is 4.99 Å². The Bertz CT molecular complexity index is 1160. The van der Waals surface area contributed by atoms with Crippen molar-refractivity contribution in [3.05, 3.63) is 73.5 Å². The van der Waals surface area contributed by atoms with Crippen LogP contribution in [0, 0.1) is 17.0 Å². The summed E-state index contributed by atoms with van der Waals surface area (Å²) < 4.78 is 8.10. The number of ether oxygens (including phenoxy) is 1. The predicted octanol–water partition coefficient (Wildman–Crippen LogP) is 4.36. The number of nitro benzene ring substituents is 1. The third-order valence-corrected chi connectivity index (χ3v) is 5.73. The number of rotatable bonds is 6. The molecule has 150 valence electrons. The number of nitrogens with zero attached hydrogens (tertiary/aromatic N) is 3. The summed E-state index contributed by atoms with van der Waals surface area (Å²) in [6, 6.07) is 9.67. The van der Waals surface area contributed by atoms with Gasteiger partial charge < -0.3 is 9.30 Å². The number of amides is 1. The number of hydrogen-bond donors (Lipinski definition) is 0. The molecule has 1 aromatic heterocycles. The van der Waals surface area contributed by atoms with Crippen molar-refractivity contribution in [2.75, 3.05) is 13.7 Å². The summed E-state index contributed by atoms with van der Waals surface area (Å²) in [4.78, 5) is 27.4. The van der Waals surface area contributed by atoms with Crippen LogP contribution < -0.4 is 4.80 Å². The minimum Gasteiger partial charge on any atom is -0.383 e. The first kappa shape index (κ1) is 20.9. The van der Waals surface area contributed by atoms with Crippen LogP contribution in [0.2, 0.25) is 5.02 Å². The van der Waals surface area contributed by atoms with E-state index >= 15 is 0 Å². The number of non-ortho nitro benzene ring substituents is 1. The molecule has 29 heavy (non-hydrogen) atoms. The molecular formula is C20H18ClN3O4S. The Morgan fingerprint density at radius 2 is 2.03 bits per heavy atom. The first-order valence-electron chi connectivity index (χ1n) is 8.69. The topological polar surface area (TPSA) is 86.7 Å². The van der Waals surface area contributed by atoms with Crippen LogP contribution in [0.4, 0.5) is 5.69 Å². The number of benzene rings is 2. The summed E-state index contributed by atoms with van der Waals surface area (Å²) in [6.07, 6.45) is 2.91. The highest BCUT2D eigenvalue weighted by Gasteiger charge is 2.12. The van der Waals surface area contributed by atoms with Gasteiger partial charge in [-0.1, -0.05) is 22.9 Å². The maximum Gasteiger partial charge on any atom is 0.272 e. The molecule has 0 spiro atoms. The van der Waals surface area contributed by atoms with E-state index in [-0.39, 0.29) is 5.69 Å². The molecule has 0 bridgehead atoms. The van der Waals surface area contributed by atoms with Crippen LogP contribution in [0.3, 0.4) is 0 Å². The highest BCUT2D eigenvalue weighted by molar-refractivity contribution is 7.16. The van der Waals surface area contributed by atoms with E-state index in [0.29, 0.717) is 28.5 Å². The van der Waals surface area contributed by atoms with Crippen molar-refractivity contribution in [1.82, 2.24) is 4.57 Å². The molecule has 3 rings (SSSR count). The Morgan fingerprint density at radius 3 is 2.69 bits per heavy atom. The number of fused-ring (bicyclic) bond motifs is 1. The minimum absolute atomic E-state index is 0.00310. The van der Waals surface area contributed by atoms with E-state index in [4.69, 9.17) is 16.3 Å². The molecule has 0 saturated carbocycles. The molecule has 0 saturated heterocycles. The number of aromatic nitrogens is 1. The quantitative estimate of drug-likeness (QED) is 0.329. The molecule has 9 heteroatoms. The maximum absolute atomic E-state index is 12.4. The second-order valence-electron chi connectivity index (χ2n) is 6.18. The Morgan fingerprint density at radius 1 is 1.31 bits per heavy atom. The fraction of sp³-hybridized carbons (Fsp3) is 0.200. The lowest BCUT2D eigenvalue weighted by atomic mass is 10.2. The highest BCUT2D eigenvalue weighted by Crippen LogP contribution is 2.27. The average molecular weight is 432 g/mol. The van der Waals surface area contributed by atoms with Crippen LogP contribution >= 0.6 is 22.9 Å². The molecule has 0 radical (unpaired) electrons. The Hall–Kier alpha value is -2.81. The maximum atomic E-state index is 12.4. The van der Waals surface area contributed by atoms with Crippen molar-refractivity contribution < 1.29 is 14.5 Å². The van der Waals surface area contributed by atoms with Gasteiger partial charge in [-0.25, -0.2) is 0 Å². The highest BCUT2D eigenvalue weighted by atomic mass is 35.5. The molecule has 0 aliphatic rings. The molecule has 2 aromatic carbocycles. The van der Waals surface area contributed by atoms with Crippen molar-refractivity contribution in [2.24, 2.45) is 4.99 Å². The van der Waals surface area contributed by atoms with Crippen molar-refractivity contribution >= 4 is 50.8 Å². The molecule has 0 aliphatic carbocycles. The molecule has 1 heterocycles. The van der Waals surface area contributed by atoms with Gasteiger partial charge in [0.2, 0.25) is 0 Å². The fourth-order valence-corrected chi connectivity index (χ4v) is 4.07. The van der Waals surface area contributed by atoms with Gasteiger partial charge in [-0.3, -0.25) is 14.9 Å². The Kier molecular flexibility index (Phi) is 6.58. The van der Waals surface area contributed by atoms with E-state index in [0.717, 1.165) is 15.8 Å². The molecule has 0 N–H and O–H groups in total. The van der Waals surface area contributed by atoms with Gasteiger partial charge >= 0.3 is 0 Å². The van der Waals surface area contributed by atoms with E-state index < -0.39 is 10.8 Å². The molecule has 0 atom stereocenters. The van der Waals surface area contributed by atoms with Crippen LogP contribution in [-0.2, 0) is 16.1 Å². The van der Waals surface area contributed by atoms with Crippen LogP contribution in [-0.4, -0.2) is 29.1 Å². The molecule has 0 fully saturated rings. The second kappa shape index (κ2) is 9.13. The van der Waals surface area contributed by atoms with Crippen LogP contribution in [0.15, 0.2) is 47.5 Å². The average Bonchev–Trinajstić information content (AvgIpc) is 3.05. The lowest BCUT2D eigenvalue weighted by molar-refractivity contribution is -0.384. The van der Waals surface area contributed by atoms with Crippen molar-refractivity contribution in [3.63, 3.8) is 0 Å². The van der Waals surface area contributed by atoms with Crippen molar-refractivity contribution in [1.29, 1.82) is 0 Å². The first-order valence-corrected chi connectivity index (χ1v) is 9.88. The fourth-order valence-electron chi connectivity index (χ4n) is 2.80. The lowest BCUT2D eigenvalue weighted by Gasteiger charge is -2.07. The smallest absolute Gasteiger partial charge is 0.272 e. The predicted molar refractivity (Wildman–Crippen MR) is 114 cm³/mol. The number of aryl methyl sites for hydroxylation is 1. The van der Waals surface area contributed by atoms with Gasteiger partial charge in [0, 0.05) is 36.9 Å². The molecule has 1 amide bonds. The number of methoxy groups -OCH3 is 1. The molecule has 0 unspecified atom stereocenters. The zero-order valence-corrected chi connectivity index (χ0v) is 17.4. The summed E-state index contributed by atoms with van der Waals surface area (Å²) in [6.45, 7) is 2.94. The van der Waals surface area contributed by atoms with E-state index in [1.165, 1.54) is 29.5 Å². The van der Waals surface area contributed by atoms with Gasteiger partial charge in [-0.15, -0.1) is 0 Å². The van der Waals surface area contributed by atoms with E-state index in [1.807, 2.05) is 23.6 Å². The van der Waals surface area contributed by atoms with Crippen LogP contribution in [0.5, 0.6) is 0 Å². The Balaban J connectivity index is 1.95. The Labute approximate surface area is 175 Å². The largest absolute Gasteiger partial charge is 0.383 e. The van der Waals surface area contributed by atoms with Gasteiger partial charge in [0.1, 0.15) is 0 Å². The molecule has 7 nitrogen and oxygen atoms in total. The van der Waals surface area contributed by atoms with E-state index in [1.54, 1.807) is 25.3 Å². The SMILES string of the molecule is COCCn1c(=NC(=O)C=Cc2ccc([N+](=O)[O-])cc2)sc2ccc(Cl)c(C)c21. The van der Waals surface area contributed by atoms with Crippen molar-refractivity contribution in [2.45, 2.75) is 13.5 Å². The summed E-state index contributed by atoms with van der Waals surface area (Å²) in [7, 11) is 1.61. The van der Waals surface area contributed by atoms with Gasteiger partial charge in [0.25, 0.3) is 11.6 Å². The standard InChI is InChI=1S/C20H18ClN3O4S/c1-13-16(21)8-9-17-19(13)23(11-12-28-2)20(29-17)22-18(25)10-5-14-3-6-15(7-4-14)24(26)27/h3-10H,11-12H2,1-2H3. The third-order valence-electron chi connectivity index (χ3n) is 4.28. The summed E-state index contributed by atoms with van der Waals surface area (Å²) in [5.74, 6) is -0.426. The van der Waals surface area contributed by atoms with E-state index in [9.17, 15) is 14.9 Å². The number of carbonyl (C=O) groups is 1. The van der Waals surface area contributed by atoms with Gasteiger partial charge in [0.05, 0.1) is 21.7 Å². The summed E-state index contributed by atoms with van der Waals surface area (Å²) in [5.41, 5.74) is 2.53. The third kappa shape index (κ3) is 4.79. The summed E-state index contributed by atoms with van der Waals surface area (Å²) >= 11 is 7.67. The normalized spacial score (nSPS) is 12.2. The monoisotopic (exact) mass is 431 g/mol. The number of nitro groups is 1. The van der Waals surface area contributed by atoms with Crippen LogP contribution in [0.1, 0.15) is 11.1 Å². The minimum atomic E-state index is -0.470. The van der Waals surface area contributed by atoms with Gasteiger partial charge in [0.15, 0.2) is 4.80 Å². The van der Waals surface area contributed by atoms with Gasteiger partial charge in [-0.05, 0) is 48.4 Å². The number of carbonyl (C=O) groups excluding carboxylic acids is 1. The first-order chi connectivity index (χ1) is 13.9. The van der Waals surface area contributed by atoms with Crippen LogP contribution in [0.25, 0.3) is 16.3 Å². The zero-order chi connectivity index (χ0) is 21.0. The second-order valence-corrected chi connectivity index (χ2v) is 7.60. The number of hydrogen-bond acceptors (Lipinski definition) is 5. The summed E-state index contributed by atoms with van der Waals surface area (Å²) in [5, 5.41) is 11.4. The number of halogens is 1. The molecule has 0 aliphatic heterocycles. The molecule has 3 aromatic rings. The number of thiazole rings is 1. The van der Waals surface area contributed by atoms with Crippen molar-refractivity contribution in [3.8, 4) is 0 Å². The van der Waals surface area contributed by atoms with Gasteiger partial charge in [-0.2, -0.15) is 4.99 Å². The zero-order valence-electron chi connectivity index (χ0n) is 15.8. The lowest BCUT2D eigenvalue weighted by Crippen LogP contribution is -2.19.